The van der Waals surface area contributed by atoms with Crippen molar-refractivity contribution in [2.75, 3.05) is 12.9 Å². The Labute approximate surface area is 138 Å². The smallest absolute Gasteiger partial charge is 0.190 e. The molecule has 0 amide bonds. The summed E-state index contributed by atoms with van der Waals surface area (Å²) in [6.07, 6.45) is 0.578. The zero-order chi connectivity index (χ0) is 16.0. The molecule has 6 nitrogen and oxygen atoms in total. The summed E-state index contributed by atoms with van der Waals surface area (Å²) in [6.45, 7) is 8.02. The van der Waals surface area contributed by atoms with Crippen molar-refractivity contribution in [3.05, 3.63) is 0 Å². The van der Waals surface area contributed by atoms with Gasteiger partial charge in [0.05, 0.1) is 12.2 Å². The van der Waals surface area contributed by atoms with Crippen LogP contribution in [0.2, 0.25) is 0 Å². The third kappa shape index (κ3) is 3.54. The second-order valence-corrected chi connectivity index (χ2v) is 8.95. The minimum Gasteiger partial charge on any atom is -0.348 e. The lowest BCUT2D eigenvalue weighted by Gasteiger charge is -2.28. The van der Waals surface area contributed by atoms with Gasteiger partial charge in [-0.2, -0.15) is 0 Å². The predicted molar refractivity (Wildman–Crippen MR) is 87.0 cm³/mol. The van der Waals surface area contributed by atoms with Crippen molar-refractivity contribution < 1.29 is 28.4 Å². The number of ether oxygens (including phenoxy) is 6. The fourth-order valence-corrected chi connectivity index (χ4v) is 3.66. The van der Waals surface area contributed by atoms with Crippen molar-refractivity contribution in [2.45, 2.75) is 70.0 Å². The lowest BCUT2D eigenvalue weighted by molar-refractivity contribution is -0.230. The van der Waals surface area contributed by atoms with Crippen molar-refractivity contribution in [1.29, 1.82) is 0 Å². The average Bonchev–Trinajstić information content (AvgIpc) is 3.01. The first-order valence-electron chi connectivity index (χ1n) is 7.35. The fourth-order valence-electron chi connectivity index (χ4n) is 2.97. The quantitative estimate of drug-likeness (QED) is 0.471. The third-order valence-corrected chi connectivity index (χ3v) is 5.10. The van der Waals surface area contributed by atoms with E-state index in [1.54, 1.807) is 16.3 Å². The van der Waals surface area contributed by atoms with Crippen molar-refractivity contribution in [2.24, 2.45) is 0 Å². The highest BCUT2D eigenvalue weighted by atomic mass is 33.1. The van der Waals surface area contributed by atoms with E-state index in [-0.39, 0.29) is 24.4 Å². The van der Waals surface area contributed by atoms with Crippen LogP contribution in [-0.4, -0.2) is 60.7 Å². The molecule has 3 aliphatic heterocycles. The molecule has 0 aromatic heterocycles. The van der Waals surface area contributed by atoms with Gasteiger partial charge in [0, 0.05) is 0 Å². The van der Waals surface area contributed by atoms with Crippen LogP contribution in [0, 0.1) is 0 Å². The van der Waals surface area contributed by atoms with E-state index < -0.39 is 17.9 Å². The van der Waals surface area contributed by atoms with Crippen LogP contribution in [0.4, 0.5) is 0 Å². The van der Waals surface area contributed by atoms with E-state index >= 15 is 0 Å². The zero-order valence-electron chi connectivity index (χ0n) is 13.5. The molecule has 0 saturated carbocycles. The largest absolute Gasteiger partial charge is 0.348 e. The summed E-state index contributed by atoms with van der Waals surface area (Å²) in [5.41, 5.74) is 1.77. The van der Waals surface area contributed by atoms with E-state index in [1.807, 2.05) is 34.0 Å². The Morgan fingerprint density at radius 3 is 2.50 bits per heavy atom. The second kappa shape index (κ2) is 6.33. The Kier molecular flexibility index (Phi) is 4.94. The van der Waals surface area contributed by atoms with E-state index in [2.05, 4.69) is 0 Å². The topological polar surface area (TPSA) is 55.4 Å². The van der Waals surface area contributed by atoms with E-state index in [0.29, 0.717) is 6.61 Å². The van der Waals surface area contributed by atoms with Gasteiger partial charge in [0.25, 0.3) is 0 Å². The van der Waals surface area contributed by atoms with Crippen LogP contribution < -0.4 is 0 Å². The fraction of sp³-hybridized carbons (Fsp3) is 0.929. The number of fused-ring (bicyclic) bond motifs is 1. The van der Waals surface area contributed by atoms with Crippen LogP contribution in [0.25, 0.3) is 0 Å². The molecule has 5 atom stereocenters. The maximum atomic E-state index is 6.03. The summed E-state index contributed by atoms with van der Waals surface area (Å²) in [5, 5.41) is 0. The Morgan fingerprint density at radius 2 is 1.86 bits per heavy atom. The first-order chi connectivity index (χ1) is 10.3. The number of hydrogen-bond donors (Lipinski definition) is 1. The zero-order valence-corrected chi connectivity index (χ0v) is 15.2. The molecule has 3 rings (SSSR count). The predicted octanol–water partition coefficient (Wildman–Crippen LogP) is 1.90. The van der Waals surface area contributed by atoms with Gasteiger partial charge in [-0.15, -0.1) is 21.2 Å². The molecule has 0 N–H and O–H groups in total. The second-order valence-electron chi connectivity index (χ2n) is 6.43. The van der Waals surface area contributed by atoms with Crippen molar-refractivity contribution in [3.8, 4) is 0 Å². The van der Waals surface area contributed by atoms with Gasteiger partial charge in [-0.05, 0) is 34.0 Å². The van der Waals surface area contributed by atoms with E-state index in [4.69, 9.17) is 28.4 Å². The summed E-state index contributed by atoms with van der Waals surface area (Å²) in [7, 11) is 2.71. The van der Waals surface area contributed by atoms with Crippen LogP contribution >= 0.6 is 21.2 Å². The van der Waals surface area contributed by atoms with Crippen LogP contribution in [0.15, 0.2) is 0 Å². The molecule has 22 heavy (non-hydrogen) atoms. The van der Waals surface area contributed by atoms with Crippen molar-refractivity contribution in [3.63, 3.8) is 0 Å². The third-order valence-electron chi connectivity index (χ3n) is 3.79. The molecule has 0 aromatic carbocycles. The molecular weight excluding hydrogens is 328 g/mol. The molecule has 0 aliphatic carbocycles. The van der Waals surface area contributed by atoms with Gasteiger partial charge in [0.15, 0.2) is 17.9 Å². The standard InChI is InChI=1S/C14H24O6S2/c1-13(2)16-6-8(18-13)9-10(15-7-22-21-5)11-12(17-9)20-14(3,4)19-11/h7-12,22H,6H2,1-5H3/t8?,9-,10+,11-,12-/m1/s1. The SMILES string of the molecule is CS[SH]=CO[C@@H]1[C@H]2OC(C)(C)O[C@H]2O[C@@H]1C1COC(C)(C)O1. The van der Waals surface area contributed by atoms with Crippen molar-refractivity contribution in [1.82, 2.24) is 0 Å². The monoisotopic (exact) mass is 352 g/mol. The van der Waals surface area contributed by atoms with Crippen molar-refractivity contribution >= 4 is 26.7 Å². The van der Waals surface area contributed by atoms with Crippen LogP contribution in [0.5, 0.6) is 0 Å². The van der Waals surface area contributed by atoms with E-state index in [9.17, 15) is 0 Å². The highest BCUT2D eigenvalue weighted by Gasteiger charge is 2.58. The Bertz CT molecular complexity index is 441. The number of thiol groups is 1. The lowest BCUT2D eigenvalue weighted by atomic mass is 10.1. The molecule has 8 heteroatoms. The normalized spacial score (nSPS) is 43.4. The molecule has 3 saturated heterocycles. The molecule has 1 unspecified atom stereocenters. The number of rotatable bonds is 4. The van der Waals surface area contributed by atoms with Gasteiger partial charge in [-0.25, -0.2) is 0 Å². The summed E-state index contributed by atoms with van der Waals surface area (Å²) in [5.74, 6) is -1.26. The maximum absolute atomic E-state index is 6.03. The highest BCUT2D eigenvalue weighted by molar-refractivity contribution is 8.74. The Hall–Kier alpha value is 0.330. The molecular formula is C14H24O6S2. The van der Waals surface area contributed by atoms with Gasteiger partial charge in [-0.1, -0.05) is 0 Å². The minimum absolute atomic E-state index is 0.194. The van der Waals surface area contributed by atoms with Gasteiger partial charge >= 0.3 is 0 Å². The summed E-state index contributed by atoms with van der Waals surface area (Å²) in [4.78, 5) is 0. The summed E-state index contributed by atoms with van der Waals surface area (Å²) in [6, 6.07) is 0. The molecule has 3 fully saturated rings. The molecule has 0 radical (unpaired) electrons. The highest BCUT2D eigenvalue weighted by Crippen LogP contribution is 2.41. The first-order valence-corrected chi connectivity index (χ1v) is 10.1. The number of hydrogen-bond acceptors (Lipinski definition) is 7. The lowest BCUT2D eigenvalue weighted by Crippen LogP contribution is -2.44. The average molecular weight is 352 g/mol. The van der Waals surface area contributed by atoms with Crippen LogP contribution in [0.1, 0.15) is 27.7 Å². The summed E-state index contributed by atoms with van der Waals surface area (Å²) < 4.78 is 35.3. The van der Waals surface area contributed by atoms with Gasteiger partial charge in [-0.3, -0.25) is 0 Å². The van der Waals surface area contributed by atoms with Gasteiger partial charge < -0.3 is 28.4 Å². The molecule has 3 aliphatic rings. The molecule has 0 bridgehead atoms. The van der Waals surface area contributed by atoms with Crippen LogP contribution in [-0.2, 0) is 28.4 Å². The Balaban J connectivity index is 1.73. The van der Waals surface area contributed by atoms with E-state index in [1.165, 1.54) is 0 Å². The minimum atomic E-state index is -0.661. The Morgan fingerprint density at radius 1 is 1.09 bits per heavy atom. The first kappa shape index (κ1) is 17.2. The molecule has 0 spiro atoms. The van der Waals surface area contributed by atoms with Gasteiger partial charge in [0.1, 0.15) is 24.4 Å². The van der Waals surface area contributed by atoms with Crippen LogP contribution in [0.3, 0.4) is 0 Å². The maximum Gasteiger partial charge on any atom is 0.190 e. The summed E-state index contributed by atoms with van der Waals surface area (Å²) >= 11 is 0. The molecule has 3 heterocycles. The van der Waals surface area contributed by atoms with Gasteiger partial charge in [0.2, 0.25) is 0 Å². The molecule has 0 aromatic rings. The molecule has 128 valence electrons. The van der Waals surface area contributed by atoms with E-state index in [0.717, 1.165) is 10.4 Å².